The van der Waals surface area contributed by atoms with Crippen LogP contribution >= 0.6 is 24.0 Å². The van der Waals surface area contributed by atoms with Crippen molar-refractivity contribution < 1.29 is 8.42 Å². The van der Waals surface area contributed by atoms with Crippen LogP contribution in [0.15, 0.2) is 16.6 Å². The molecule has 0 saturated heterocycles. The third-order valence-electron chi connectivity index (χ3n) is 3.77. The molecule has 0 amide bonds. The van der Waals surface area contributed by atoms with E-state index >= 15 is 0 Å². The average Bonchev–Trinajstić information content (AvgIpc) is 2.55. The number of nitrogens with zero attached hydrogens (tertiary/aromatic N) is 1. The molecule has 1 aliphatic carbocycles. The minimum atomic E-state index is -3.09. The molecule has 1 aliphatic rings. The highest BCUT2D eigenvalue weighted by atomic mass is 127. The predicted octanol–water partition coefficient (Wildman–Crippen LogP) is 2.38. The largest absolute Gasteiger partial charge is 0.357 e. The monoisotopic (exact) mass is 472 g/mol. The van der Waals surface area contributed by atoms with Crippen LogP contribution in [0, 0.1) is 0 Å². The van der Waals surface area contributed by atoms with Gasteiger partial charge in [0.25, 0.3) is 0 Å². The molecule has 0 radical (unpaired) electrons. The fraction of sp³-hybridized carbons (Fsp3) is 0.812. The van der Waals surface area contributed by atoms with Crippen molar-refractivity contribution in [3.63, 3.8) is 0 Å². The van der Waals surface area contributed by atoms with Crippen molar-refractivity contribution in [2.75, 3.05) is 31.9 Å². The first-order valence-electron chi connectivity index (χ1n) is 8.74. The van der Waals surface area contributed by atoms with Crippen molar-refractivity contribution in [3.8, 4) is 0 Å². The van der Waals surface area contributed by atoms with Gasteiger partial charge in [-0.05, 0) is 52.4 Å². The van der Waals surface area contributed by atoms with Crippen molar-refractivity contribution in [2.24, 2.45) is 4.99 Å². The summed E-state index contributed by atoms with van der Waals surface area (Å²) in [6.45, 7) is 6.42. The smallest absolute Gasteiger partial charge is 0.211 e. The van der Waals surface area contributed by atoms with Gasteiger partial charge >= 0.3 is 0 Å². The third kappa shape index (κ3) is 11.2. The van der Waals surface area contributed by atoms with E-state index in [-0.39, 0.29) is 29.7 Å². The minimum Gasteiger partial charge on any atom is -0.357 e. The van der Waals surface area contributed by atoms with Crippen molar-refractivity contribution in [1.82, 2.24) is 15.4 Å². The lowest BCUT2D eigenvalue weighted by atomic mass is 9.97. The van der Waals surface area contributed by atoms with Crippen molar-refractivity contribution in [3.05, 3.63) is 11.6 Å². The Morgan fingerprint density at radius 1 is 1.21 bits per heavy atom. The first-order chi connectivity index (χ1) is 11.1. The topological polar surface area (TPSA) is 82.6 Å². The second-order valence-corrected chi connectivity index (χ2v) is 7.79. The van der Waals surface area contributed by atoms with Crippen LogP contribution in [-0.4, -0.2) is 46.3 Å². The van der Waals surface area contributed by atoms with E-state index in [1.165, 1.54) is 25.7 Å². The molecule has 0 unspecified atom stereocenters. The van der Waals surface area contributed by atoms with Crippen LogP contribution in [0.25, 0.3) is 0 Å². The molecule has 6 nitrogen and oxygen atoms in total. The van der Waals surface area contributed by atoms with Crippen LogP contribution in [-0.2, 0) is 10.0 Å². The molecule has 0 fully saturated rings. The zero-order chi connectivity index (χ0) is 17.0. The van der Waals surface area contributed by atoms with Gasteiger partial charge in [0, 0.05) is 26.2 Å². The van der Waals surface area contributed by atoms with Gasteiger partial charge in [-0.25, -0.2) is 13.1 Å². The van der Waals surface area contributed by atoms with Crippen LogP contribution in [0.4, 0.5) is 0 Å². The molecule has 8 heteroatoms. The summed E-state index contributed by atoms with van der Waals surface area (Å²) in [7, 11) is -3.09. The number of hydrogen-bond acceptors (Lipinski definition) is 3. The summed E-state index contributed by atoms with van der Waals surface area (Å²) in [6.07, 6.45) is 9.22. The number of halogens is 1. The number of sulfonamides is 1. The molecule has 24 heavy (non-hydrogen) atoms. The van der Waals surface area contributed by atoms with Crippen LogP contribution in [0.2, 0.25) is 0 Å². The Bertz CT molecular complexity index is 492. The highest BCUT2D eigenvalue weighted by molar-refractivity contribution is 14.0. The summed E-state index contributed by atoms with van der Waals surface area (Å²) in [5, 5.41) is 6.57. The summed E-state index contributed by atoms with van der Waals surface area (Å²) < 4.78 is 25.2. The molecular weight excluding hydrogens is 439 g/mol. The van der Waals surface area contributed by atoms with Crippen LogP contribution in [0.1, 0.15) is 52.4 Å². The highest BCUT2D eigenvalue weighted by Gasteiger charge is 2.05. The van der Waals surface area contributed by atoms with E-state index in [1.54, 1.807) is 12.5 Å². The minimum absolute atomic E-state index is 0. The Labute approximate surface area is 164 Å². The van der Waals surface area contributed by atoms with E-state index in [4.69, 9.17) is 0 Å². The molecular formula is C16H33IN4O2S. The van der Waals surface area contributed by atoms with Gasteiger partial charge in [0.2, 0.25) is 10.0 Å². The Balaban J connectivity index is 0.00000529. The van der Waals surface area contributed by atoms with Gasteiger partial charge in [-0.2, -0.15) is 0 Å². The summed E-state index contributed by atoms with van der Waals surface area (Å²) in [5.74, 6) is 0.929. The fourth-order valence-corrected chi connectivity index (χ4v) is 3.07. The molecule has 142 valence electrons. The first-order valence-corrected chi connectivity index (χ1v) is 10.4. The van der Waals surface area contributed by atoms with E-state index < -0.39 is 10.0 Å². The number of guanidine groups is 1. The average molecular weight is 472 g/mol. The maximum absolute atomic E-state index is 11.3. The summed E-state index contributed by atoms with van der Waals surface area (Å²) in [6, 6.07) is 0. The normalized spacial score (nSPS) is 15.4. The molecule has 0 atom stereocenters. The van der Waals surface area contributed by atoms with E-state index in [0.29, 0.717) is 19.5 Å². The first kappa shape index (κ1) is 23.6. The van der Waals surface area contributed by atoms with Crippen molar-refractivity contribution in [2.45, 2.75) is 52.4 Å². The third-order valence-corrected chi connectivity index (χ3v) is 5.18. The Morgan fingerprint density at radius 2 is 2.00 bits per heavy atom. The quantitative estimate of drug-likeness (QED) is 0.150. The Morgan fingerprint density at radius 3 is 2.62 bits per heavy atom. The molecule has 0 aromatic rings. The molecule has 0 aliphatic heterocycles. The van der Waals surface area contributed by atoms with Crippen molar-refractivity contribution >= 4 is 40.0 Å². The highest BCUT2D eigenvalue weighted by Crippen LogP contribution is 2.19. The van der Waals surface area contributed by atoms with Gasteiger partial charge in [0.15, 0.2) is 5.96 Å². The second kappa shape index (κ2) is 13.9. The zero-order valence-electron chi connectivity index (χ0n) is 14.9. The molecule has 1 rings (SSSR count). The van der Waals surface area contributed by atoms with E-state index in [2.05, 4.69) is 26.4 Å². The molecule has 0 saturated carbocycles. The standard InChI is InChI=1S/C16H32N4O2S.HI/c1-3-17-16(18-12-8-13-20-23(21,22)4-2)19-14-11-15-9-6-5-7-10-15;/h9,20H,3-8,10-14H2,1-2H3,(H2,17,18,19);1H. The molecule has 0 aromatic heterocycles. The van der Waals surface area contributed by atoms with Gasteiger partial charge in [0.1, 0.15) is 0 Å². The van der Waals surface area contributed by atoms with Gasteiger partial charge in [-0.15, -0.1) is 24.0 Å². The number of hydrogen-bond donors (Lipinski definition) is 3. The lowest BCUT2D eigenvalue weighted by Gasteiger charge is -2.15. The van der Waals surface area contributed by atoms with Crippen molar-refractivity contribution in [1.29, 1.82) is 0 Å². The van der Waals surface area contributed by atoms with Gasteiger partial charge in [0.05, 0.1) is 5.75 Å². The number of aliphatic imine (C=N–C) groups is 1. The Hall–Kier alpha value is -0.350. The SMILES string of the molecule is CCNC(=NCCCNS(=O)(=O)CC)NCCC1=CCCCC1.I. The second-order valence-electron chi connectivity index (χ2n) is 5.70. The van der Waals surface area contributed by atoms with Gasteiger partial charge < -0.3 is 10.6 Å². The molecule has 0 spiro atoms. The lowest BCUT2D eigenvalue weighted by molar-refractivity contribution is 0.581. The van der Waals surface area contributed by atoms with Crippen LogP contribution < -0.4 is 15.4 Å². The molecule has 0 aromatic carbocycles. The number of allylic oxidation sites excluding steroid dienone is 1. The summed E-state index contributed by atoms with van der Waals surface area (Å²) in [4.78, 5) is 4.48. The van der Waals surface area contributed by atoms with E-state index in [9.17, 15) is 8.42 Å². The lowest BCUT2D eigenvalue weighted by Crippen LogP contribution is -2.38. The zero-order valence-corrected chi connectivity index (χ0v) is 18.1. The fourth-order valence-electron chi connectivity index (χ4n) is 2.41. The predicted molar refractivity (Wildman–Crippen MR) is 113 cm³/mol. The number of nitrogens with one attached hydrogen (secondary N) is 3. The molecule has 0 bridgehead atoms. The number of rotatable bonds is 10. The molecule has 3 N–H and O–H groups in total. The van der Waals surface area contributed by atoms with Gasteiger partial charge in [-0.3, -0.25) is 4.99 Å². The summed E-state index contributed by atoms with van der Waals surface area (Å²) >= 11 is 0. The van der Waals surface area contributed by atoms with E-state index in [0.717, 1.165) is 25.5 Å². The van der Waals surface area contributed by atoms with Crippen LogP contribution in [0.3, 0.4) is 0 Å². The van der Waals surface area contributed by atoms with Gasteiger partial charge in [-0.1, -0.05) is 11.6 Å². The molecule has 0 heterocycles. The van der Waals surface area contributed by atoms with E-state index in [1.807, 2.05) is 6.92 Å². The summed E-state index contributed by atoms with van der Waals surface area (Å²) in [5.41, 5.74) is 1.55. The Kier molecular flexibility index (Phi) is 13.7. The maximum atomic E-state index is 11.3. The van der Waals surface area contributed by atoms with Crippen LogP contribution in [0.5, 0.6) is 0 Å². The maximum Gasteiger partial charge on any atom is 0.211 e.